The molecule has 0 heterocycles. The summed E-state index contributed by atoms with van der Waals surface area (Å²) in [4.78, 5) is 22.6. The van der Waals surface area contributed by atoms with E-state index in [0.717, 1.165) is 21.8 Å². The van der Waals surface area contributed by atoms with Gasteiger partial charge in [0, 0.05) is 12.1 Å². The second-order valence-corrected chi connectivity index (χ2v) is 8.49. The number of non-ortho nitro benzene ring substituents is 1. The van der Waals surface area contributed by atoms with Crippen LogP contribution in [0, 0.1) is 10.1 Å². The fourth-order valence-corrected chi connectivity index (χ4v) is 4.61. The van der Waals surface area contributed by atoms with Crippen molar-refractivity contribution in [3.63, 3.8) is 0 Å². The number of nitro groups is 1. The lowest BCUT2D eigenvalue weighted by Gasteiger charge is -2.24. The van der Waals surface area contributed by atoms with Crippen molar-refractivity contribution >= 4 is 49.7 Å². The van der Waals surface area contributed by atoms with Crippen molar-refractivity contribution in [2.24, 2.45) is 0 Å². The number of carbonyl (C=O) groups is 1. The molecule has 0 aliphatic carbocycles. The Labute approximate surface area is 177 Å². The lowest BCUT2D eigenvalue weighted by molar-refractivity contribution is -0.384. The third-order valence-corrected chi connectivity index (χ3v) is 6.37. The molecule has 3 rings (SSSR count). The summed E-state index contributed by atoms with van der Waals surface area (Å²) in [6.07, 6.45) is 0. The molecule has 0 N–H and O–H groups in total. The maximum atomic E-state index is 13.4. The number of carbonyl (C=O) groups excluding carboxylic acids is 1. The smallest absolute Gasteiger partial charge is 0.326 e. The molecule has 8 nitrogen and oxygen atoms in total. The van der Waals surface area contributed by atoms with Crippen molar-refractivity contribution in [3.8, 4) is 0 Å². The molecule has 0 aliphatic rings. The Kier molecular flexibility index (Phi) is 6.23. The van der Waals surface area contributed by atoms with Gasteiger partial charge in [-0.3, -0.25) is 19.2 Å². The molecule has 0 bridgehead atoms. The summed E-state index contributed by atoms with van der Waals surface area (Å²) in [5, 5.41) is 12.6. The predicted octanol–water partition coefficient (Wildman–Crippen LogP) is 4.16. The van der Waals surface area contributed by atoms with Crippen LogP contribution in [0.5, 0.6) is 0 Å². The minimum Gasteiger partial charge on any atom is -0.465 e. The number of hydrogen-bond acceptors (Lipinski definition) is 6. The van der Waals surface area contributed by atoms with Crippen LogP contribution in [-0.4, -0.2) is 32.5 Å². The Morgan fingerprint density at radius 1 is 1.10 bits per heavy atom. The monoisotopic (exact) mass is 448 g/mol. The van der Waals surface area contributed by atoms with Crippen molar-refractivity contribution in [1.82, 2.24) is 0 Å². The van der Waals surface area contributed by atoms with Crippen LogP contribution in [0.15, 0.2) is 65.6 Å². The number of rotatable bonds is 7. The molecule has 30 heavy (non-hydrogen) atoms. The minimum absolute atomic E-state index is 0.0470. The average molecular weight is 449 g/mol. The maximum absolute atomic E-state index is 13.4. The highest BCUT2D eigenvalue weighted by atomic mass is 35.5. The van der Waals surface area contributed by atoms with Crippen LogP contribution in [0.25, 0.3) is 10.8 Å². The number of fused-ring (bicyclic) bond motifs is 1. The van der Waals surface area contributed by atoms with Gasteiger partial charge in [-0.2, -0.15) is 0 Å². The van der Waals surface area contributed by atoms with E-state index in [1.165, 1.54) is 18.2 Å². The lowest BCUT2D eigenvalue weighted by Crippen LogP contribution is -2.36. The molecule has 0 aromatic heterocycles. The van der Waals surface area contributed by atoms with Crippen molar-refractivity contribution in [1.29, 1.82) is 0 Å². The SMILES string of the molecule is CCOC(=O)CN(c1cc([N+](=O)[O-])ccc1Cl)S(=O)(=O)c1ccc2ccccc2c1. The predicted molar refractivity (Wildman–Crippen MR) is 113 cm³/mol. The van der Waals surface area contributed by atoms with Crippen LogP contribution < -0.4 is 4.31 Å². The molecule has 156 valence electrons. The van der Waals surface area contributed by atoms with Gasteiger partial charge in [0.1, 0.15) is 6.54 Å². The fraction of sp³-hybridized carbons (Fsp3) is 0.150. The summed E-state index contributed by atoms with van der Waals surface area (Å²) in [7, 11) is -4.30. The first-order valence-corrected chi connectivity index (χ1v) is 10.7. The molecular weight excluding hydrogens is 432 g/mol. The Balaban J connectivity index is 2.16. The number of anilines is 1. The van der Waals surface area contributed by atoms with E-state index < -0.39 is 27.5 Å². The van der Waals surface area contributed by atoms with Crippen molar-refractivity contribution in [3.05, 3.63) is 75.8 Å². The van der Waals surface area contributed by atoms with Gasteiger partial charge in [0.05, 0.1) is 27.1 Å². The molecule has 0 radical (unpaired) electrons. The molecule has 0 amide bonds. The zero-order valence-electron chi connectivity index (χ0n) is 15.8. The number of sulfonamides is 1. The molecule has 0 spiro atoms. The van der Waals surface area contributed by atoms with Crippen LogP contribution in [0.4, 0.5) is 11.4 Å². The molecule has 0 fully saturated rings. The summed E-state index contributed by atoms with van der Waals surface area (Å²) >= 11 is 6.16. The van der Waals surface area contributed by atoms with E-state index in [0.29, 0.717) is 5.39 Å². The Bertz CT molecular complexity index is 1230. The fourth-order valence-electron chi connectivity index (χ4n) is 2.88. The van der Waals surface area contributed by atoms with Crippen LogP contribution in [0.2, 0.25) is 5.02 Å². The van der Waals surface area contributed by atoms with E-state index in [1.54, 1.807) is 25.1 Å². The quantitative estimate of drug-likeness (QED) is 0.305. The molecule has 10 heteroatoms. The highest BCUT2D eigenvalue weighted by Gasteiger charge is 2.30. The van der Waals surface area contributed by atoms with Crippen molar-refractivity contribution in [2.45, 2.75) is 11.8 Å². The summed E-state index contributed by atoms with van der Waals surface area (Å²) < 4.78 is 32.5. The first kappa shape index (κ1) is 21.5. The zero-order chi connectivity index (χ0) is 21.9. The summed E-state index contributed by atoms with van der Waals surface area (Å²) in [5.74, 6) is -0.815. The van der Waals surface area contributed by atoms with E-state index in [1.807, 2.05) is 12.1 Å². The van der Waals surface area contributed by atoms with Gasteiger partial charge in [-0.1, -0.05) is 41.9 Å². The van der Waals surface area contributed by atoms with E-state index in [4.69, 9.17) is 16.3 Å². The summed E-state index contributed by atoms with van der Waals surface area (Å²) in [5.41, 5.74) is -0.552. The van der Waals surface area contributed by atoms with Crippen LogP contribution >= 0.6 is 11.6 Å². The Hall–Kier alpha value is -3.17. The average Bonchev–Trinajstić information content (AvgIpc) is 2.72. The number of halogens is 1. The second kappa shape index (κ2) is 8.68. The third-order valence-electron chi connectivity index (χ3n) is 4.30. The molecular formula is C20H17ClN2O6S. The van der Waals surface area contributed by atoms with Gasteiger partial charge in [0.25, 0.3) is 15.7 Å². The number of nitrogens with zero attached hydrogens (tertiary/aromatic N) is 2. The van der Waals surface area contributed by atoms with Gasteiger partial charge >= 0.3 is 5.97 Å². The van der Waals surface area contributed by atoms with Crippen LogP contribution in [0.1, 0.15) is 6.92 Å². The number of benzene rings is 3. The topological polar surface area (TPSA) is 107 Å². The molecule has 0 saturated heterocycles. The number of esters is 1. The van der Waals surface area contributed by atoms with Gasteiger partial charge in [-0.05, 0) is 35.9 Å². The van der Waals surface area contributed by atoms with Gasteiger partial charge in [0.15, 0.2) is 0 Å². The van der Waals surface area contributed by atoms with Gasteiger partial charge in [0.2, 0.25) is 0 Å². The highest BCUT2D eigenvalue weighted by Crippen LogP contribution is 2.34. The zero-order valence-corrected chi connectivity index (χ0v) is 17.4. The first-order valence-electron chi connectivity index (χ1n) is 8.85. The second-order valence-electron chi connectivity index (χ2n) is 6.22. The molecule has 0 unspecified atom stereocenters. The van der Waals surface area contributed by atoms with Crippen molar-refractivity contribution in [2.75, 3.05) is 17.5 Å². The van der Waals surface area contributed by atoms with E-state index in [2.05, 4.69) is 0 Å². The molecule has 3 aromatic carbocycles. The van der Waals surface area contributed by atoms with E-state index in [-0.39, 0.29) is 27.9 Å². The van der Waals surface area contributed by atoms with Gasteiger partial charge in [-0.25, -0.2) is 8.42 Å². The standard InChI is InChI=1S/C20H17ClN2O6S/c1-2-29-20(24)13-22(19-12-16(23(25)26)8-10-18(19)21)30(27,28)17-9-7-14-5-3-4-6-15(14)11-17/h3-12H,2,13H2,1H3. The lowest BCUT2D eigenvalue weighted by atomic mass is 10.1. The largest absolute Gasteiger partial charge is 0.465 e. The summed E-state index contributed by atoms with van der Waals surface area (Å²) in [6, 6.07) is 15.1. The van der Waals surface area contributed by atoms with Gasteiger partial charge < -0.3 is 4.74 Å². The molecule has 3 aromatic rings. The minimum atomic E-state index is -4.30. The first-order chi connectivity index (χ1) is 14.2. The maximum Gasteiger partial charge on any atom is 0.326 e. The Morgan fingerprint density at radius 3 is 2.47 bits per heavy atom. The molecule has 0 aliphatic heterocycles. The van der Waals surface area contributed by atoms with Crippen LogP contribution in [0.3, 0.4) is 0 Å². The van der Waals surface area contributed by atoms with Crippen LogP contribution in [-0.2, 0) is 19.6 Å². The third kappa shape index (κ3) is 4.37. The van der Waals surface area contributed by atoms with E-state index in [9.17, 15) is 23.3 Å². The number of nitro benzene ring substituents is 1. The molecule has 0 saturated carbocycles. The Morgan fingerprint density at radius 2 is 1.80 bits per heavy atom. The summed E-state index contributed by atoms with van der Waals surface area (Å²) in [6.45, 7) is 0.940. The number of hydrogen-bond donors (Lipinski definition) is 0. The van der Waals surface area contributed by atoms with Crippen molar-refractivity contribution < 1.29 is 22.9 Å². The van der Waals surface area contributed by atoms with E-state index >= 15 is 0 Å². The number of ether oxygens (including phenoxy) is 1. The molecule has 0 atom stereocenters. The normalized spacial score (nSPS) is 11.3. The highest BCUT2D eigenvalue weighted by molar-refractivity contribution is 7.92. The van der Waals surface area contributed by atoms with Gasteiger partial charge in [-0.15, -0.1) is 0 Å².